The lowest BCUT2D eigenvalue weighted by molar-refractivity contribution is -0.131. The van der Waals surface area contributed by atoms with E-state index in [1.807, 2.05) is 44.3 Å². The predicted molar refractivity (Wildman–Crippen MR) is 75.4 cm³/mol. The molecular formula is C15H16N2O3. The molecule has 104 valence electrons. The molecule has 0 unspecified atom stereocenters. The molecule has 0 radical (unpaired) electrons. The Morgan fingerprint density at radius 2 is 2.20 bits per heavy atom. The molecule has 1 aromatic heterocycles. The summed E-state index contributed by atoms with van der Waals surface area (Å²) in [6, 6.07) is 9.26. The topological polar surface area (TPSA) is 64.3 Å². The average molecular weight is 272 g/mol. The third-order valence-corrected chi connectivity index (χ3v) is 2.80. The van der Waals surface area contributed by atoms with Gasteiger partial charge in [0.1, 0.15) is 12.4 Å². The summed E-state index contributed by atoms with van der Waals surface area (Å²) in [5.41, 5.74) is 2.62. The number of aliphatic carboxylic acids is 1. The summed E-state index contributed by atoms with van der Waals surface area (Å²) < 4.78 is 7.51. The standard InChI is InChI=1S/C15H16N2O3/c1-11-9-13(17(2)16-11)10-20-14-6-4-3-5-12(14)7-8-15(18)19/h3-9H,10H2,1-2H3,(H,18,19). The van der Waals surface area contributed by atoms with Crippen LogP contribution in [0.5, 0.6) is 5.75 Å². The van der Waals surface area contributed by atoms with Gasteiger partial charge in [0.2, 0.25) is 0 Å². The van der Waals surface area contributed by atoms with Crippen LogP contribution in [0.25, 0.3) is 6.08 Å². The summed E-state index contributed by atoms with van der Waals surface area (Å²) in [5, 5.41) is 12.9. The Labute approximate surface area is 117 Å². The van der Waals surface area contributed by atoms with Crippen molar-refractivity contribution < 1.29 is 14.6 Å². The number of rotatable bonds is 5. The van der Waals surface area contributed by atoms with Gasteiger partial charge in [0.25, 0.3) is 0 Å². The van der Waals surface area contributed by atoms with Gasteiger partial charge in [0, 0.05) is 18.7 Å². The molecule has 0 fully saturated rings. The minimum absolute atomic E-state index is 0.384. The molecule has 1 aromatic carbocycles. The maximum atomic E-state index is 10.6. The third-order valence-electron chi connectivity index (χ3n) is 2.80. The number of para-hydroxylation sites is 1. The van der Waals surface area contributed by atoms with E-state index in [0.29, 0.717) is 12.4 Å². The molecule has 5 heteroatoms. The van der Waals surface area contributed by atoms with E-state index in [1.54, 1.807) is 4.68 Å². The summed E-state index contributed by atoms with van der Waals surface area (Å²) in [7, 11) is 1.86. The number of aromatic nitrogens is 2. The van der Waals surface area contributed by atoms with E-state index in [2.05, 4.69) is 5.10 Å². The molecule has 1 heterocycles. The lowest BCUT2D eigenvalue weighted by atomic mass is 10.2. The molecule has 5 nitrogen and oxygen atoms in total. The summed E-state index contributed by atoms with van der Waals surface area (Å²) in [4.78, 5) is 10.6. The van der Waals surface area contributed by atoms with Crippen molar-refractivity contribution >= 4 is 12.0 Å². The van der Waals surface area contributed by atoms with Crippen molar-refractivity contribution in [3.8, 4) is 5.75 Å². The first-order valence-electron chi connectivity index (χ1n) is 6.18. The molecule has 0 amide bonds. The molecule has 2 aromatic rings. The Morgan fingerprint density at radius 3 is 2.85 bits per heavy atom. The van der Waals surface area contributed by atoms with Crippen LogP contribution < -0.4 is 4.74 Å². The van der Waals surface area contributed by atoms with E-state index in [1.165, 1.54) is 6.08 Å². The van der Waals surface area contributed by atoms with Crippen molar-refractivity contribution in [1.82, 2.24) is 9.78 Å². The fraction of sp³-hybridized carbons (Fsp3) is 0.200. The average Bonchev–Trinajstić information content (AvgIpc) is 2.73. The molecule has 0 atom stereocenters. The smallest absolute Gasteiger partial charge is 0.328 e. The number of benzene rings is 1. The predicted octanol–water partition coefficient (Wildman–Crippen LogP) is 2.41. The normalized spacial score (nSPS) is 10.9. The Bertz CT molecular complexity index is 644. The van der Waals surface area contributed by atoms with E-state index in [9.17, 15) is 4.79 Å². The van der Waals surface area contributed by atoms with Crippen LogP contribution in [0.3, 0.4) is 0 Å². The highest BCUT2D eigenvalue weighted by Crippen LogP contribution is 2.20. The van der Waals surface area contributed by atoms with Crippen LogP contribution in [-0.4, -0.2) is 20.9 Å². The number of carbonyl (C=O) groups is 1. The third kappa shape index (κ3) is 3.47. The summed E-state index contributed by atoms with van der Waals surface area (Å²) in [6.45, 7) is 2.31. The first-order chi connectivity index (χ1) is 9.56. The first-order valence-corrected chi connectivity index (χ1v) is 6.18. The van der Waals surface area contributed by atoms with Gasteiger partial charge in [0.15, 0.2) is 0 Å². The lowest BCUT2D eigenvalue weighted by Crippen LogP contribution is -2.03. The lowest BCUT2D eigenvalue weighted by Gasteiger charge is -2.09. The second-order valence-corrected chi connectivity index (χ2v) is 4.40. The van der Waals surface area contributed by atoms with Crippen molar-refractivity contribution in [1.29, 1.82) is 0 Å². The van der Waals surface area contributed by atoms with Crippen LogP contribution in [-0.2, 0) is 18.4 Å². The molecule has 0 aliphatic heterocycles. The van der Waals surface area contributed by atoms with Crippen LogP contribution >= 0.6 is 0 Å². The Morgan fingerprint density at radius 1 is 1.45 bits per heavy atom. The van der Waals surface area contributed by atoms with Crippen LogP contribution in [0.4, 0.5) is 0 Å². The van der Waals surface area contributed by atoms with Gasteiger partial charge in [-0.05, 0) is 25.1 Å². The van der Waals surface area contributed by atoms with Gasteiger partial charge < -0.3 is 9.84 Å². The van der Waals surface area contributed by atoms with Gasteiger partial charge in [-0.3, -0.25) is 4.68 Å². The molecular weight excluding hydrogens is 256 g/mol. The van der Waals surface area contributed by atoms with Gasteiger partial charge in [-0.25, -0.2) is 4.79 Å². The highest BCUT2D eigenvalue weighted by Gasteiger charge is 2.05. The molecule has 20 heavy (non-hydrogen) atoms. The van der Waals surface area contributed by atoms with Crippen molar-refractivity contribution in [3.63, 3.8) is 0 Å². The molecule has 0 bridgehead atoms. The zero-order valence-corrected chi connectivity index (χ0v) is 11.4. The SMILES string of the molecule is Cc1cc(COc2ccccc2C=CC(=O)O)n(C)n1. The number of hydrogen-bond donors (Lipinski definition) is 1. The van der Waals surface area contributed by atoms with Gasteiger partial charge in [-0.2, -0.15) is 5.10 Å². The fourth-order valence-corrected chi connectivity index (χ4v) is 1.86. The molecule has 0 spiro atoms. The van der Waals surface area contributed by atoms with Crippen LogP contribution in [0, 0.1) is 6.92 Å². The maximum absolute atomic E-state index is 10.6. The van der Waals surface area contributed by atoms with E-state index in [4.69, 9.17) is 9.84 Å². The summed E-state index contributed by atoms with van der Waals surface area (Å²) in [6.07, 6.45) is 2.61. The Balaban J connectivity index is 2.13. The molecule has 0 aliphatic carbocycles. The quantitative estimate of drug-likeness (QED) is 0.849. The maximum Gasteiger partial charge on any atom is 0.328 e. The highest BCUT2D eigenvalue weighted by molar-refractivity contribution is 5.85. The number of aryl methyl sites for hydroxylation is 2. The minimum Gasteiger partial charge on any atom is -0.487 e. The second kappa shape index (κ2) is 6.06. The van der Waals surface area contributed by atoms with Gasteiger partial charge in [-0.1, -0.05) is 18.2 Å². The van der Waals surface area contributed by atoms with E-state index in [-0.39, 0.29) is 0 Å². The monoisotopic (exact) mass is 272 g/mol. The largest absolute Gasteiger partial charge is 0.487 e. The number of carboxylic acids is 1. The number of ether oxygens (including phenoxy) is 1. The van der Waals surface area contributed by atoms with Crippen molar-refractivity contribution in [3.05, 3.63) is 53.4 Å². The Hall–Kier alpha value is -2.56. The Kier molecular flexibility index (Phi) is 4.20. The molecule has 1 N–H and O–H groups in total. The zero-order valence-electron chi connectivity index (χ0n) is 11.4. The molecule has 0 saturated heterocycles. The minimum atomic E-state index is -0.984. The van der Waals surface area contributed by atoms with Gasteiger partial charge >= 0.3 is 5.97 Å². The van der Waals surface area contributed by atoms with Crippen molar-refractivity contribution in [2.24, 2.45) is 7.05 Å². The van der Waals surface area contributed by atoms with Crippen molar-refractivity contribution in [2.45, 2.75) is 13.5 Å². The zero-order chi connectivity index (χ0) is 14.5. The number of hydrogen-bond acceptors (Lipinski definition) is 3. The number of carboxylic acid groups (broad SMARTS) is 1. The van der Waals surface area contributed by atoms with Crippen LogP contribution in [0.1, 0.15) is 17.0 Å². The molecule has 0 saturated carbocycles. The van der Waals surface area contributed by atoms with E-state index < -0.39 is 5.97 Å². The van der Waals surface area contributed by atoms with E-state index in [0.717, 1.165) is 23.0 Å². The number of nitrogens with zero attached hydrogens (tertiary/aromatic N) is 2. The van der Waals surface area contributed by atoms with Gasteiger partial charge in [0.05, 0.1) is 11.4 Å². The van der Waals surface area contributed by atoms with Gasteiger partial charge in [-0.15, -0.1) is 0 Å². The summed E-state index contributed by atoms with van der Waals surface area (Å²) >= 11 is 0. The van der Waals surface area contributed by atoms with Crippen molar-refractivity contribution in [2.75, 3.05) is 0 Å². The fourth-order valence-electron chi connectivity index (χ4n) is 1.86. The summed E-state index contributed by atoms with van der Waals surface area (Å²) in [5.74, 6) is -0.342. The second-order valence-electron chi connectivity index (χ2n) is 4.40. The van der Waals surface area contributed by atoms with Crippen LogP contribution in [0.2, 0.25) is 0 Å². The van der Waals surface area contributed by atoms with Crippen LogP contribution in [0.15, 0.2) is 36.4 Å². The molecule has 0 aliphatic rings. The highest BCUT2D eigenvalue weighted by atomic mass is 16.5. The molecule has 2 rings (SSSR count). The van der Waals surface area contributed by atoms with E-state index >= 15 is 0 Å². The first kappa shape index (κ1) is 13.9.